The Bertz CT molecular complexity index is 500. The number of carbonyl (C=O) groups is 1. The third-order valence-corrected chi connectivity index (χ3v) is 4.36. The molecule has 5 heteroatoms. The highest BCUT2D eigenvalue weighted by molar-refractivity contribution is 5.93. The van der Waals surface area contributed by atoms with Crippen LogP contribution in [0, 0.1) is 0 Å². The van der Waals surface area contributed by atoms with Crippen LogP contribution >= 0.6 is 0 Å². The summed E-state index contributed by atoms with van der Waals surface area (Å²) in [6, 6.07) is 3.62. The van der Waals surface area contributed by atoms with Crippen LogP contribution in [0.2, 0.25) is 0 Å². The van der Waals surface area contributed by atoms with Gasteiger partial charge in [0.25, 0.3) is 5.91 Å². The molecule has 1 amide bonds. The molecule has 1 aliphatic carbocycles. The van der Waals surface area contributed by atoms with E-state index >= 15 is 0 Å². The molecule has 5 nitrogen and oxygen atoms in total. The normalized spacial score (nSPS) is 16.1. The molecule has 0 bridgehead atoms. The SMILES string of the molecule is CN(CCN(C)C1CCCCC1)C(=O)c1ccc(=O)[nH]c1. The van der Waals surface area contributed by atoms with Gasteiger partial charge < -0.3 is 14.8 Å². The van der Waals surface area contributed by atoms with Crippen LogP contribution in [0.5, 0.6) is 0 Å². The second-order valence-electron chi connectivity index (χ2n) is 5.94. The Morgan fingerprint density at radius 1 is 1.19 bits per heavy atom. The van der Waals surface area contributed by atoms with Gasteiger partial charge in [0, 0.05) is 38.4 Å². The van der Waals surface area contributed by atoms with Crippen LogP contribution in [0.25, 0.3) is 0 Å². The molecule has 0 radical (unpaired) electrons. The van der Waals surface area contributed by atoms with E-state index in [2.05, 4.69) is 16.9 Å². The topological polar surface area (TPSA) is 56.4 Å². The van der Waals surface area contributed by atoms with Crippen molar-refractivity contribution < 1.29 is 4.79 Å². The van der Waals surface area contributed by atoms with Crippen molar-refractivity contribution in [3.05, 3.63) is 34.2 Å². The minimum absolute atomic E-state index is 0.0525. The predicted molar refractivity (Wildman–Crippen MR) is 83.5 cm³/mol. The molecule has 0 atom stereocenters. The first-order chi connectivity index (χ1) is 10.1. The summed E-state index contributed by atoms with van der Waals surface area (Å²) in [4.78, 5) is 29.9. The van der Waals surface area contributed by atoms with Crippen molar-refractivity contribution >= 4 is 5.91 Å². The Kier molecular flexibility index (Phi) is 5.56. The van der Waals surface area contributed by atoms with E-state index in [1.807, 2.05) is 7.05 Å². The summed E-state index contributed by atoms with van der Waals surface area (Å²) >= 11 is 0. The van der Waals surface area contributed by atoms with Gasteiger partial charge in [0.1, 0.15) is 0 Å². The number of nitrogens with zero attached hydrogens (tertiary/aromatic N) is 2. The minimum Gasteiger partial charge on any atom is -0.340 e. The average Bonchev–Trinajstić information content (AvgIpc) is 2.53. The van der Waals surface area contributed by atoms with E-state index in [1.54, 1.807) is 11.0 Å². The fourth-order valence-electron chi connectivity index (χ4n) is 2.88. The van der Waals surface area contributed by atoms with Gasteiger partial charge >= 0.3 is 0 Å². The summed E-state index contributed by atoms with van der Waals surface area (Å²) in [5.41, 5.74) is 0.337. The number of hydrogen-bond donors (Lipinski definition) is 1. The van der Waals surface area contributed by atoms with E-state index in [1.165, 1.54) is 44.4 Å². The molecule has 21 heavy (non-hydrogen) atoms. The van der Waals surface area contributed by atoms with Gasteiger partial charge in [-0.2, -0.15) is 0 Å². The second-order valence-corrected chi connectivity index (χ2v) is 5.94. The van der Waals surface area contributed by atoms with Gasteiger partial charge in [-0.05, 0) is 26.0 Å². The van der Waals surface area contributed by atoms with Crippen LogP contribution in [0.4, 0.5) is 0 Å². The molecular formula is C16H25N3O2. The van der Waals surface area contributed by atoms with Gasteiger partial charge in [-0.25, -0.2) is 0 Å². The number of hydrogen-bond acceptors (Lipinski definition) is 3. The van der Waals surface area contributed by atoms with Gasteiger partial charge in [0.05, 0.1) is 5.56 Å². The van der Waals surface area contributed by atoms with Crippen molar-refractivity contribution in [3.8, 4) is 0 Å². The first kappa shape index (κ1) is 15.8. The molecule has 0 aromatic carbocycles. The smallest absolute Gasteiger partial charge is 0.255 e. The van der Waals surface area contributed by atoms with Crippen LogP contribution in [0.15, 0.2) is 23.1 Å². The number of H-pyrrole nitrogens is 1. The molecule has 1 heterocycles. The van der Waals surface area contributed by atoms with Gasteiger partial charge in [-0.15, -0.1) is 0 Å². The Morgan fingerprint density at radius 2 is 1.90 bits per heavy atom. The van der Waals surface area contributed by atoms with E-state index < -0.39 is 0 Å². The van der Waals surface area contributed by atoms with Crippen molar-refractivity contribution in [1.29, 1.82) is 0 Å². The quantitative estimate of drug-likeness (QED) is 0.898. The Labute approximate surface area is 126 Å². The first-order valence-corrected chi connectivity index (χ1v) is 7.72. The third-order valence-electron chi connectivity index (χ3n) is 4.36. The monoisotopic (exact) mass is 291 g/mol. The van der Waals surface area contributed by atoms with E-state index in [9.17, 15) is 9.59 Å². The van der Waals surface area contributed by atoms with E-state index in [4.69, 9.17) is 0 Å². The number of aromatic amines is 1. The molecule has 0 unspecified atom stereocenters. The van der Waals surface area contributed by atoms with Crippen molar-refractivity contribution in [3.63, 3.8) is 0 Å². The first-order valence-electron chi connectivity index (χ1n) is 7.72. The van der Waals surface area contributed by atoms with E-state index in [0.717, 1.165) is 6.54 Å². The van der Waals surface area contributed by atoms with Crippen LogP contribution in [0.1, 0.15) is 42.5 Å². The molecule has 2 rings (SSSR count). The number of aromatic nitrogens is 1. The number of amides is 1. The number of rotatable bonds is 5. The molecule has 1 aromatic heterocycles. The maximum absolute atomic E-state index is 12.2. The van der Waals surface area contributed by atoms with Crippen molar-refractivity contribution in [2.45, 2.75) is 38.1 Å². The lowest BCUT2D eigenvalue weighted by atomic mass is 9.94. The van der Waals surface area contributed by atoms with Gasteiger partial charge in [0.15, 0.2) is 0 Å². The fraction of sp³-hybridized carbons (Fsp3) is 0.625. The summed E-state index contributed by atoms with van der Waals surface area (Å²) in [7, 11) is 3.95. The molecule has 1 fully saturated rings. The molecule has 1 aromatic rings. The summed E-state index contributed by atoms with van der Waals surface area (Å²) in [6.45, 7) is 1.58. The number of likely N-dealkylation sites (N-methyl/N-ethyl adjacent to an activating group) is 2. The standard InChI is InChI=1S/C16H25N3O2/c1-18(14-6-4-3-5-7-14)10-11-19(2)16(21)13-8-9-15(20)17-12-13/h8-9,12,14H,3-7,10-11H2,1-2H3,(H,17,20). The number of nitrogens with one attached hydrogen (secondary N) is 1. The Morgan fingerprint density at radius 3 is 2.52 bits per heavy atom. The van der Waals surface area contributed by atoms with Crippen molar-refractivity contribution in [1.82, 2.24) is 14.8 Å². The lowest BCUT2D eigenvalue weighted by Crippen LogP contribution is -2.40. The van der Waals surface area contributed by atoms with E-state index in [-0.39, 0.29) is 11.5 Å². The van der Waals surface area contributed by atoms with E-state index in [0.29, 0.717) is 18.2 Å². The molecule has 1 saturated carbocycles. The molecular weight excluding hydrogens is 266 g/mol. The molecule has 0 spiro atoms. The molecule has 0 saturated heterocycles. The third kappa shape index (κ3) is 4.43. The maximum Gasteiger partial charge on any atom is 0.255 e. The van der Waals surface area contributed by atoms with Crippen LogP contribution in [0.3, 0.4) is 0 Å². The lowest BCUT2D eigenvalue weighted by molar-refractivity contribution is 0.0767. The predicted octanol–water partition coefficient (Wildman–Crippen LogP) is 1.71. The number of pyridine rings is 1. The molecule has 0 aliphatic heterocycles. The highest BCUT2D eigenvalue weighted by Gasteiger charge is 2.19. The van der Waals surface area contributed by atoms with Crippen LogP contribution in [-0.4, -0.2) is 53.9 Å². The van der Waals surface area contributed by atoms with Crippen molar-refractivity contribution in [2.24, 2.45) is 0 Å². The van der Waals surface area contributed by atoms with Crippen LogP contribution in [-0.2, 0) is 0 Å². The van der Waals surface area contributed by atoms with Crippen LogP contribution < -0.4 is 5.56 Å². The molecule has 116 valence electrons. The maximum atomic E-state index is 12.2. The van der Waals surface area contributed by atoms with Gasteiger partial charge in [0.2, 0.25) is 5.56 Å². The van der Waals surface area contributed by atoms with Gasteiger partial charge in [-0.1, -0.05) is 19.3 Å². The second kappa shape index (κ2) is 7.41. The highest BCUT2D eigenvalue weighted by Crippen LogP contribution is 2.21. The summed E-state index contributed by atoms with van der Waals surface area (Å²) in [6.07, 6.45) is 8.02. The number of carbonyl (C=O) groups excluding carboxylic acids is 1. The Hall–Kier alpha value is -1.62. The molecule has 1 aliphatic rings. The minimum atomic E-state index is -0.189. The fourth-order valence-corrected chi connectivity index (χ4v) is 2.88. The summed E-state index contributed by atoms with van der Waals surface area (Å²) in [5, 5.41) is 0. The zero-order valence-electron chi connectivity index (χ0n) is 13.0. The zero-order chi connectivity index (χ0) is 15.2. The Balaban J connectivity index is 1.83. The highest BCUT2D eigenvalue weighted by atomic mass is 16.2. The largest absolute Gasteiger partial charge is 0.340 e. The zero-order valence-corrected chi connectivity index (χ0v) is 13.0. The van der Waals surface area contributed by atoms with Gasteiger partial charge in [-0.3, -0.25) is 9.59 Å². The molecule has 1 N–H and O–H groups in total. The van der Waals surface area contributed by atoms with Crippen molar-refractivity contribution in [2.75, 3.05) is 27.2 Å². The summed E-state index contributed by atoms with van der Waals surface area (Å²) in [5.74, 6) is -0.0525. The lowest BCUT2D eigenvalue weighted by Gasteiger charge is -2.32. The average molecular weight is 291 g/mol. The summed E-state index contributed by atoms with van der Waals surface area (Å²) < 4.78 is 0.